The lowest BCUT2D eigenvalue weighted by atomic mass is 9.76. The molecule has 14 heteroatoms. The van der Waals surface area contributed by atoms with Gasteiger partial charge in [-0.1, -0.05) is 70.6 Å². The van der Waals surface area contributed by atoms with Crippen molar-refractivity contribution < 1.29 is 14.4 Å². The molecule has 0 saturated carbocycles. The lowest BCUT2D eigenvalue weighted by Crippen LogP contribution is -2.38. The van der Waals surface area contributed by atoms with Crippen LogP contribution in [0, 0.1) is 11.3 Å². The number of allylic oxidation sites excluding steroid dienone is 3. The topological polar surface area (TPSA) is 168 Å². The summed E-state index contributed by atoms with van der Waals surface area (Å²) < 4.78 is 0.467. The first kappa shape index (κ1) is 28.6. The zero-order chi connectivity index (χ0) is 29.3. The molecular formula is C27H21Cl2N7O3S2. The minimum absolute atomic E-state index is 0.0156. The van der Waals surface area contributed by atoms with E-state index in [-0.39, 0.29) is 39.4 Å². The van der Waals surface area contributed by atoms with Crippen LogP contribution in [0.5, 0.6) is 0 Å². The summed E-state index contributed by atoms with van der Waals surface area (Å²) in [6.07, 6.45) is 1.46. The second kappa shape index (κ2) is 11.9. The number of para-hydroxylation sites is 1. The highest BCUT2D eigenvalue weighted by Gasteiger charge is 2.42. The van der Waals surface area contributed by atoms with Gasteiger partial charge in [-0.15, -0.1) is 10.2 Å². The van der Waals surface area contributed by atoms with E-state index in [0.29, 0.717) is 56.3 Å². The van der Waals surface area contributed by atoms with E-state index >= 15 is 0 Å². The van der Waals surface area contributed by atoms with Gasteiger partial charge < -0.3 is 16.8 Å². The van der Waals surface area contributed by atoms with Gasteiger partial charge in [0.25, 0.3) is 5.91 Å². The van der Waals surface area contributed by atoms with Crippen molar-refractivity contribution in [3.8, 4) is 6.07 Å². The van der Waals surface area contributed by atoms with E-state index in [4.69, 9.17) is 34.7 Å². The predicted octanol–water partition coefficient (Wildman–Crippen LogP) is 4.98. The summed E-state index contributed by atoms with van der Waals surface area (Å²) in [6, 6.07) is 13.7. The summed E-state index contributed by atoms with van der Waals surface area (Å²) in [5.41, 5.74) is 14.2. The number of anilines is 2. The SMILES string of the molecule is N#CC1=C(N)N(c2nnc(SCC(=O)Nc3ccccc3C(N)=O)s2)C2=C(C(=O)CCC2)C1c1cccc(Cl)c1Cl. The molecule has 1 aliphatic carbocycles. The Bertz CT molecular complexity index is 1700. The molecule has 5 N–H and O–H groups in total. The highest BCUT2D eigenvalue weighted by atomic mass is 35.5. The molecule has 0 bridgehead atoms. The average Bonchev–Trinajstić information content (AvgIpc) is 3.41. The number of rotatable bonds is 7. The zero-order valence-electron chi connectivity index (χ0n) is 21.2. The minimum Gasteiger partial charge on any atom is -0.384 e. The second-order valence-electron chi connectivity index (χ2n) is 9.06. The van der Waals surface area contributed by atoms with Gasteiger partial charge in [0.15, 0.2) is 10.1 Å². The van der Waals surface area contributed by atoms with Gasteiger partial charge in [-0.05, 0) is 36.6 Å². The highest BCUT2D eigenvalue weighted by Crippen LogP contribution is 2.49. The largest absolute Gasteiger partial charge is 0.384 e. The second-order valence-corrected chi connectivity index (χ2v) is 12.0. The molecule has 1 unspecified atom stereocenters. The van der Waals surface area contributed by atoms with Gasteiger partial charge >= 0.3 is 0 Å². The first-order chi connectivity index (χ1) is 19.7. The number of primary amides is 1. The van der Waals surface area contributed by atoms with Crippen molar-refractivity contribution >= 4 is 74.7 Å². The number of nitrogens with one attached hydrogen (secondary N) is 1. The van der Waals surface area contributed by atoms with Crippen LogP contribution in [0.1, 0.15) is 41.1 Å². The van der Waals surface area contributed by atoms with Gasteiger partial charge in [0.2, 0.25) is 11.0 Å². The third-order valence-corrected chi connectivity index (χ3v) is 9.46. The zero-order valence-corrected chi connectivity index (χ0v) is 24.3. The first-order valence-corrected chi connectivity index (χ1v) is 14.8. The minimum atomic E-state index is -0.765. The maximum atomic E-state index is 13.3. The fourth-order valence-corrected chi connectivity index (χ4v) is 6.93. The third kappa shape index (κ3) is 5.54. The molecule has 1 aliphatic heterocycles. The van der Waals surface area contributed by atoms with Crippen LogP contribution in [-0.2, 0) is 9.59 Å². The fraction of sp³-hybridized carbons (Fsp3) is 0.185. The van der Waals surface area contributed by atoms with Gasteiger partial charge in [-0.3, -0.25) is 19.3 Å². The summed E-state index contributed by atoms with van der Waals surface area (Å²) >= 11 is 15.1. The quantitative estimate of drug-likeness (QED) is 0.306. The Hall–Kier alpha value is -3.89. The molecule has 1 aromatic heterocycles. The molecule has 2 amide bonds. The Morgan fingerprint density at radius 3 is 2.71 bits per heavy atom. The number of nitrogens with two attached hydrogens (primary N) is 2. The number of carbonyl (C=O) groups is 3. The van der Waals surface area contributed by atoms with Crippen LogP contribution in [0.2, 0.25) is 10.0 Å². The number of aromatic nitrogens is 2. The molecule has 2 heterocycles. The van der Waals surface area contributed by atoms with Crippen molar-refractivity contribution in [2.24, 2.45) is 11.5 Å². The summed E-state index contributed by atoms with van der Waals surface area (Å²) in [6.45, 7) is 0. The van der Waals surface area contributed by atoms with E-state index < -0.39 is 11.8 Å². The van der Waals surface area contributed by atoms with Gasteiger partial charge in [-0.25, -0.2) is 0 Å². The molecular weight excluding hydrogens is 605 g/mol. The molecule has 208 valence electrons. The van der Waals surface area contributed by atoms with E-state index in [1.165, 1.54) is 17.4 Å². The van der Waals surface area contributed by atoms with Crippen molar-refractivity contribution in [2.75, 3.05) is 16.0 Å². The van der Waals surface area contributed by atoms with Crippen molar-refractivity contribution in [1.82, 2.24) is 10.2 Å². The van der Waals surface area contributed by atoms with Crippen molar-refractivity contribution in [3.63, 3.8) is 0 Å². The molecule has 2 aromatic carbocycles. The predicted molar refractivity (Wildman–Crippen MR) is 159 cm³/mol. The number of carbonyl (C=O) groups excluding carboxylic acids is 3. The van der Waals surface area contributed by atoms with Crippen LogP contribution < -0.4 is 21.7 Å². The number of hydrogen-bond acceptors (Lipinski definition) is 10. The Balaban J connectivity index is 1.43. The van der Waals surface area contributed by atoms with E-state index in [1.807, 2.05) is 0 Å². The van der Waals surface area contributed by atoms with Gasteiger partial charge in [-0.2, -0.15) is 5.26 Å². The monoisotopic (exact) mass is 625 g/mol. The molecule has 5 rings (SSSR count). The number of amides is 2. The molecule has 41 heavy (non-hydrogen) atoms. The molecule has 10 nitrogen and oxygen atoms in total. The average molecular weight is 627 g/mol. The molecule has 0 radical (unpaired) electrons. The number of ketones is 1. The number of nitrogens with zero attached hydrogens (tertiary/aromatic N) is 4. The Morgan fingerprint density at radius 2 is 1.95 bits per heavy atom. The van der Waals surface area contributed by atoms with Crippen LogP contribution in [0.4, 0.5) is 10.8 Å². The molecule has 0 saturated heterocycles. The summed E-state index contributed by atoms with van der Waals surface area (Å²) in [5, 5.41) is 22.2. The smallest absolute Gasteiger partial charge is 0.250 e. The van der Waals surface area contributed by atoms with Crippen LogP contribution in [0.15, 0.2) is 69.5 Å². The summed E-state index contributed by atoms with van der Waals surface area (Å²) in [4.78, 5) is 39.1. The van der Waals surface area contributed by atoms with Crippen molar-refractivity contribution in [1.29, 1.82) is 5.26 Å². The molecule has 3 aromatic rings. The van der Waals surface area contributed by atoms with Gasteiger partial charge in [0.1, 0.15) is 5.82 Å². The number of thioether (sulfide) groups is 1. The normalized spacial score (nSPS) is 16.9. The number of nitriles is 1. The van der Waals surface area contributed by atoms with E-state index in [9.17, 15) is 19.6 Å². The van der Waals surface area contributed by atoms with Crippen LogP contribution in [-0.4, -0.2) is 33.5 Å². The number of hydrogen-bond donors (Lipinski definition) is 3. The standard InChI is InChI=1S/C27H21Cl2N7O3S2/c28-16-7-3-6-14(23(16)29)21-15(11-30)24(31)36(18-9-4-10-19(37)22(18)21)26-34-35-27(41-26)40-12-20(38)33-17-8-2-1-5-13(17)25(32)39/h1-3,5-8,21H,4,9-10,12,31H2,(H2,32,39)(H,33,38). The molecule has 1 atom stereocenters. The summed E-state index contributed by atoms with van der Waals surface area (Å²) in [5.74, 6) is -1.79. The lowest BCUT2D eigenvalue weighted by Gasteiger charge is -2.38. The molecule has 0 fully saturated rings. The Kier molecular flexibility index (Phi) is 8.32. The molecule has 0 spiro atoms. The van der Waals surface area contributed by atoms with Gasteiger partial charge in [0.05, 0.1) is 44.6 Å². The fourth-order valence-electron chi connectivity index (χ4n) is 4.83. The lowest BCUT2D eigenvalue weighted by molar-refractivity contribution is -0.116. The van der Waals surface area contributed by atoms with Crippen LogP contribution in [0.3, 0.4) is 0 Å². The first-order valence-electron chi connectivity index (χ1n) is 12.3. The Morgan fingerprint density at radius 1 is 1.17 bits per heavy atom. The van der Waals surface area contributed by atoms with Crippen molar-refractivity contribution in [3.05, 3.63) is 86.3 Å². The van der Waals surface area contributed by atoms with E-state index in [2.05, 4.69) is 21.6 Å². The van der Waals surface area contributed by atoms with E-state index in [0.717, 1.165) is 11.8 Å². The number of benzene rings is 2. The highest BCUT2D eigenvalue weighted by molar-refractivity contribution is 8.01. The Labute approximate surface area is 253 Å². The van der Waals surface area contributed by atoms with E-state index in [1.54, 1.807) is 41.3 Å². The maximum Gasteiger partial charge on any atom is 0.250 e. The van der Waals surface area contributed by atoms with Crippen LogP contribution >= 0.6 is 46.3 Å². The van der Waals surface area contributed by atoms with Gasteiger partial charge in [0, 0.05) is 17.7 Å². The van der Waals surface area contributed by atoms with Crippen molar-refractivity contribution in [2.45, 2.75) is 29.5 Å². The molecule has 2 aliphatic rings. The maximum absolute atomic E-state index is 13.3. The number of halogens is 2. The third-order valence-electron chi connectivity index (χ3n) is 6.59. The van der Waals surface area contributed by atoms with Crippen LogP contribution in [0.25, 0.3) is 0 Å². The number of Topliss-reactive ketones (excluding diaryl/α,β-unsaturated/α-hetero) is 1. The summed E-state index contributed by atoms with van der Waals surface area (Å²) in [7, 11) is 0.